The molecule has 2 aliphatic rings. The van der Waals surface area contributed by atoms with Gasteiger partial charge in [-0.25, -0.2) is 4.57 Å². The van der Waals surface area contributed by atoms with E-state index in [1.807, 2.05) is 6.92 Å². The number of phosphoric ester groups is 1. The molecular formula is C35H66O18P2. The highest BCUT2D eigenvalue weighted by Gasteiger charge is 2.42. The van der Waals surface area contributed by atoms with Crippen molar-refractivity contribution in [1.29, 1.82) is 0 Å². The fourth-order valence-electron chi connectivity index (χ4n) is 7.04. The molecule has 16 unspecified atom stereocenters. The smallest absolute Gasteiger partial charge is 0.462 e. The van der Waals surface area contributed by atoms with E-state index in [-0.39, 0.29) is 55.5 Å². The van der Waals surface area contributed by atoms with Crippen molar-refractivity contribution >= 4 is 27.4 Å². The highest BCUT2D eigenvalue weighted by Crippen LogP contribution is 2.47. The highest BCUT2D eigenvalue weighted by atomic mass is 31.2. The minimum Gasteiger partial charge on any atom is -0.462 e. The zero-order chi connectivity index (χ0) is 41.7. The number of carbonyl (C=O) groups is 2. The van der Waals surface area contributed by atoms with Gasteiger partial charge < -0.3 is 58.1 Å². The summed E-state index contributed by atoms with van der Waals surface area (Å²) >= 11 is 0. The molecule has 2 fully saturated rings. The average Bonchev–Trinajstić information content (AvgIpc) is 3.11. The maximum Gasteiger partial charge on any atom is 0.472 e. The molecule has 1 saturated heterocycles. The second-order valence-corrected chi connectivity index (χ2v) is 18.6. The molecule has 0 aromatic rings. The molecule has 1 aliphatic heterocycles. The van der Waals surface area contributed by atoms with E-state index in [2.05, 4.69) is 48.4 Å². The Bertz CT molecular complexity index is 1260. The summed E-state index contributed by atoms with van der Waals surface area (Å²) < 4.78 is 72.9. The molecule has 0 aromatic heterocycles. The Morgan fingerprint density at radius 1 is 0.691 bits per heavy atom. The summed E-state index contributed by atoms with van der Waals surface area (Å²) in [6.45, 7) is 14.8. The number of aliphatic hydroxyl groups is 3. The lowest BCUT2D eigenvalue weighted by atomic mass is 9.64. The van der Waals surface area contributed by atoms with Crippen LogP contribution in [0.3, 0.4) is 0 Å². The predicted octanol–water partition coefficient (Wildman–Crippen LogP) is 2.76. The number of hydrogen-bond donors (Lipinski definition) is 5. The van der Waals surface area contributed by atoms with Gasteiger partial charge in [0.15, 0.2) is 12.4 Å². The van der Waals surface area contributed by atoms with Gasteiger partial charge >= 0.3 is 27.4 Å². The van der Waals surface area contributed by atoms with E-state index >= 15 is 0 Å². The number of methoxy groups -OCH3 is 1. The van der Waals surface area contributed by atoms with Gasteiger partial charge in [0.1, 0.15) is 12.7 Å². The molecule has 324 valence electrons. The first-order valence-corrected chi connectivity index (χ1v) is 22.1. The maximum atomic E-state index is 12.9. The molecular weight excluding hydrogens is 770 g/mol. The first kappa shape index (κ1) is 50.1. The highest BCUT2D eigenvalue weighted by molar-refractivity contribution is 7.52. The molecule has 5 N–H and O–H groups in total. The number of carbonyl (C=O) groups excluding carboxylic acids is 2. The van der Waals surface area contributed by atoms with Crippen LogP contribution in [0.1, 0.15) is 61.8 Å². The zero-order valence-corrected chi connectivity index (χ0v) is 35.4. The van der Waals surface area contributed by atoms with E-state index in [1.54, 1.807) is 0 Å². The van der Waals surface area contributed by atoms with Crippen molar-refractivity contribution in [1.82, 2.24) is 0 Å². The molecule has 2 rings (SSSR count). The summed E-state index contributed by atoms with van der Waals surface area (Å²) in [6.07, 6.45) is -6.49. The van der Waals surface area contributed by atoms with Gasteiger partial charge in [0, 0.05) is 34.2 Å². The van der Waals surface area contributed by atoms with Gasteiger partial charge in [-0.1, -0.05) is 41.5 Å². The summed E-state index contributed by atoms with van der Waals surface area (Å²) in [7, 11) is -8.10. The Kier molecular flexibility index (Phi) is 21.4. The van der Waals surface area contributed by atoms with Crippen LogP contribution >= 0.6 is 15.4 Å². The largest absolute Gasteiger partial charge is 0.472 e. The monoisotopic (exact) mass is 836 g/mol. The van der Waals surface area contributed by atoms with E-state index < -0.39 is 77.4 Å². The standard InChI is InChI=1S/C35H66O18P2/c1-20-22(3)28(11-46-14-31(52-27(8)37)15-48-26(7)36)10-29(23(20)4)12-47-17-33-24(5)21(2)25(6)34(53-33)18-49-54(41,42)19-30(38)13-50-55(43,44)51-16-32(39)35(40)45-9/h20-25,28-35,38-40H,10-19H2,1-9H3,(H,41,42)(H,43,44). The van der Waals surface area contributed by atoms with E-state index in [0.717, 1.165) is 13.5 Å². The fourth-order valence-corrected chi connectivity index (χ4v) is 8.94. The van der Waals surface area contributed by atoms with E-state index in [0.29, 0.717) is 37.6 Å². The summed E-state index contributed by atoms with van der Waals surface area (Å²) in [6, 6.07) is 0. The number of esters is 2. The molecule has 0 aromatic carbocycles. The van der Waals surface area contributed by atoms with Crippen LogP contribution in [0.4, 0.5) is 0 Å². The summed E-state index contributed by atoms with van der Waals surface area (Å²) in [4.78, 5) is 43.0. The average molecular weight is 837 g/mol. The van der Waals surface area contributed by atoms with Crippen molar-refractivity contribution in [3.63, 3.8) is 0 Å². The number of hydrogen-bond acceptors (Lipinski definition) is 16. The van der Waals surface area contributed by atoms with Gasteiger partial charge in [0.05, 0.1) is 57.5 Å². The quantitative estimate of drug-likeness (QED) is 0.0532. The molecule has 1 saturated carbocycles. The Hall–Kier alpha value is -1.08. The van der Waals surface area contributed by atoms with E-state index in [4.69, 9.17) is 28.2 Å². The topological polar surface area (TPSA) is 252 Å². The minimum atomic E-state index is -4.79. The Labute approximate surface area is 324 Å². The molecule has 0 bridgehead atoms. The van der Waals surface area contributed by atoms with Gasteiger partial charge in [-0.15, -0.1) is 0 Å². The number of ether oxygens (including phenoxy) is 6. The third kappa shape index (κ3) is 17.4. The fraction of sp³-hybridized carbons (Fsp3) is 0.943. The van der Waals surface area contributed by atoms with Crippen molar-refractivity contribution in [3.8, 4) is 0 Å². The SMILES string of the molecule is COC(O)C(O)COP(=O)(O)OCC(O)CP(=O)(O)OCC1OC(COCC2CC(COCC(COC(C)=O)OC(C)=O)C(C)C(C)C2C)C(C)C(C)C1C. The lowest BCUT2D eigenvalue weighted by Crippen LogP contribution is -2.48. The van der Waals surface area contributed by atoms with Crippen LogP contribution in [-0.2, 0) is 60.7 Å². The van der Waals surface area contributed by atoms with Gasteiger partial charge in [-0.3, -0.25) is 23.2 Å². The van der Waals surface area contributed by atoms with Crippen LogP contribution < -0.4 is 0 Å². The van der Waals surface area contributed by atoms with Crippen molar-refractivity contribution in [2.75, 3.05) is 66.1 Å². The first-order chi connectivity index (χ1) is 25.6. The van der Waals surface area contributed by atoms with Crippen LogP contribution in [0, 0.1) is 47.3 Å². The second kappa shape index (κ2) is 23.5. The Morgan fingerprint density at radius 2 is 1.24 bits per heavy atom. The van der Waals surface area contributed by atoms with Gasteiger partial charge in [-0.2, -0.15) is 0 Å². The molecule has 55 heavy (non-hydrogen) atoms. The third-order valence-corrected chi connectivity index (χ3v) is 13.7. The van der Waals surface area contributed by atoms with Gasteiger partial charge in [0.2, 0.25) is 0 Å². The van der Waals surface area contributed by atoms with Crippen LogP contribution in [0.15, 0.2) is 0 Å². The molecule has 1 heterocycles. The second-order valence-electron chi connectivity index (χ2n) is 15.3. The van der Waals surface area contributed by atoms with Crippen molar-refractivity contribution in [3.05, 3.63) is 0 Å². The third-order valence-electron chi connectivity index (χ3n) is 11.3. The number of phosphoric acid groups is 1. The lowest BCUT2D eigenvalue weighted by Gasteiger charge is -2.45. The van der Waals surface area contributed by atoms with Gasteiger partial charge in [0.25, 0.3) is 0 Å². The summed E-state index contributed by atoms with van der Waals surface area (Å²) in [5.41, 5.74) is 0. The molecule has 0 spiro atoms. The van der Waals surface area contributed by atoms with Crippen molar-refractivity contribution < 1.29 is 85.8 Å². The number of aliphatic hydroxyl groups excluding tert-OH is 3. The van der Waals surface area contributed by atoms with Crippen molar-refractivity contribution in [2.45, 2.75) is 98.6 Å². The van der Waals surface area contributed by atoms with Crippen LogP contribution in [0.25, 0.3) is 0 Å². The molecule has 0 amide bonds. The Balaban J connectivity index is 1.88. The number of rotatable bonds is 24. The normalized spacial score (nSPS) is 33.1. The molecule has 20 heteroatoms. The molecule has 18 nitrogen and oxygen atoms in total. The summed E-state index contributed by atoms with van der Waals surface area (Å²) in [5.74, 6) is 0.904. The Morgan fingerprint density at radius 3 is 1.80 bits per heavy atom. The minimum absolute atomic E-state index is 0.0418. The van der Waals surface area contributed by atoms with E-state index in [1.165, 1.54) is 13.8 Å². The zero-order valence-electron chi connectivity index (χ0n) is 33.6. The lowest BCUT2D eigenvalue weighted by molar-refractivity contribution is -0.168. The first-order valence-electron chi connectivity index (χ1n) is 18.8. The van der Waals surface area contributed by atoms with Crippen LogP contribution in [0.5, 0.6) is 0 Å². The molecule has 0 radical (unpaired) electrons. The van der Waals surface area contributed by atoms with Gasteiger partial charge in [-0.05, 0) is 53.8 Å². The molecule has 16 atom stereocenters. The maximum absolute atomic E-state index is 12.9. The van der Waals surface area contributed by atoms with Crippen LogP contribution in [-0.4, -0.2) is 140 Å². The van der Waals surface area contributed by atoms with Crippen molar-refractivity contribution in [2.24, 2.45) is 47.3 Å². The molecule has 1 aliphatic carbocycles. The summed E-state index contributed by atoms with van der Waals surface area (Å²) in [5, 5.41) is 29.2. The van der Waals surface area contributed by atoms with E-state index in [9.17, 15) is 43.8 Å². The predicted molar refractivity (Wildman–Crippen MR) is 196 cm³/mol. The van der Waals surface area contributed by atoms with Crippen LogP contribution in [0.2, 0.25) is 0 Å².